The smallest absolute Gasteiger partial charge is 0.228 e. The maximum absolute atomic E-state index is 13.0. The van der Waals surface area contributed by atoms with Crippen molar-refractivity contribution in [3.63, 3.8) is 0 Å². The molecule has 0 aliphatic carbocycles. The van der Waals surface area contributed by atoms with E-state index in [9.17, 15) is 4.79 Å². The van der Waals surface area contributed by atoms with Crippen LogP contribution >= 0.6 is 0 Å². The molecule has 134 valence electrons. The molecule has 0 fully saturated rings. The molecule has 1 aromatic carbocycles. The molecule has 5 nitrogen and oxygen atoms in total. The van der Waals surface area contributed by atoms with Crippen LogP contribution in [-0.4, -0.2) is 20.3 Å². The lowest BCUT2D eigenvalue weighted by Crippen LogP contribution is -2.30. The zero-order valence-corrected chi connectivity index (χ0v) is 14.8. The number of amides is 1. The molecule has 3 aromatic heterocycles. The van der Waals surface area contributed by atoms with Gasteiger partial charge in [0, 0.05) is 18.6 Å². The molecule has 0 aliphatic rings. The number of imidazole rings is 1. The SMILES string of the molecule is O=C(NCc1ncc2ccccn12)C(Cc1ccncc1)c1ccccc1. The molecular formula is C22H20N4O. The highest BCUT2D eigenvalue weighted by molar-refractivity contribution is 5.84. The molecule has 0 aliphatic heterocycles. The molecule has 27 heavy (non-hydrogen) atoms. The van der Waals surface area contributed by atoms with Gasteiger partial charge in [-0.05, 0) is 41.8 Å². The largest absolute Gasteiger partial charge is 0.348 e. The van der Waals surface area contributed by atoms with Crippen LogP contribution in [-0.2, 0) is 17.8 Å². The van der Waals surface area contributed by atoms with Crippen LogP contribution in [0.4, 0.5) is 0 Å². The molecule has 5 heteroatoms. The van der Waals surface area contributed by atoms with Crippen molar-refractivity contribution >= 4 is 11.4 Å². The van der Waals surface area contributed by atoms with E-state index in [-0.39, 0.29) is 11.8 Å². The van der Waals surface area contributed by atoms with Crippen LogP contribution in [0.5, 0.6) is 0 Å². The molecule has 0 saturated carbocycles. The van der Waals surface area contributed by atoms with Gasteiger partial charge in [-0.25, -0.2) is 4.98 Å². The van der Waals surface area contributed by atoms with E-state index in [4.69, 9.17) is 0 Å². The van der Waals surface area contributed by atoms with E-state index in [1.807, 2.05) is 77.5 Å². The summed E-state index contributed by atoms with van der Waals surface area (Å²) >= 11 is 0. The molecule has 0 bridgehead atoms. The Labute approximate surface area is 157 Å². The summed E-state index contributed by atoms with van der Waals surface area (Å²) in [5, 5.41) is 3.06. The van der Waals surface area contributed by atoms with E-state index in [1.165, 1.54) is 0 Å². The second-order valence-corrected chi connectivity index (χ2v) is 6.41. The third-order valence-electron chi connectivity index (χ3n) is 4.64. The Hall–Kier alpha value is -3.47. The Morgan fingerprint density at radius 2 is 1.78 bits per heavy atom. The highest BCUT2D eigenvalue weighted by Gasteiger charge is 2.21. The van der Waals surface area contributed by atoms with Crippen LogP contribution in [0.1, 0.15) is 22.9 Å². The zero-order valence-electron chi connectivity index (χ0n) is 14.8. The lowest BCUT2D eigenvalue weighted by Gasteiger charge is -2.17. The fourth-order valence-corrected chi connectivity index (χ4v) is 3.22. The van der Waals surface area contributed by atoms with E-state index >= 15 is 0 Å². The van der Waals surface area contributed by atoms with Crippen LogP contribution in [0.3, 0.4) is 0 Å². The average Bonchev–Trinajstić information content (AvgIpc) is 3.15. The van der Waals surface area contributed by atoms with E-state index in [2.05, 4.69) is 15.3 Å². The van der Waals surface area contributed by atoms with Gasteiger partial charge < -0.3 is 9.72 Å². The van der Waals surface area contributed by atoms with Crippen molar-refractivity contribution in [2.24, 2.45) is 0 Å². The molecule has 4 aromatic rings. The third kappa shape index (κ3) is 3.87. The summed E-state index contributed by atoms with van der Waals surface area (Å²) in [4.78, 5) is 21.5. The lowest BCUT2D eigenvalue weighted by molar-refractivity contribution is -0.122. The topological polar surface area (TPSA) is 59.3 Å². The summed E-state index contributed by atoms with van der Waals surface area (Å²) in [5.41, 5.74) is 3.10. The normalized spacial score (nSPS) is 12.0. The first-order valence-electron chi connectivity index (χ1n) is 8.94. The molecule has 1 N–H and O–H groups in total. The number of fused-ring (bicyclic) bond motifs is 1. The first kappa shape index (κ1) is 17.0. The van der Waals surface area contributed by atoms with Crippen molar-refractivity contribution in [3.05, 3.63) is 102 Å². The number of carbonyl (C=O) groups excluding carboxylic acids is 1. The summed E-state index contributed by atoms with van der Waals surface area (Å²) in [6.07, 6.45) is 7.90. The molecule has 3 heterocycles. The Bertz CT molecular complexity index is 1030. The summed E-state index contributed by atoms with van der Waals surface area (Å²) in [6.45, 7) is 0.386. The van der Waals surface area contributed by atoms with Crippen molar-refractivity contribution in [1.82, 2.24) is 19.7 Å². The first-order valence-corrected chi connectivity index (χ1v) is 8.94. The number of rotatable bonds is 6. The van der Waals surface area contributed by atoms with Crippen molar-refractivity contribution in [1.29, 1.82) is 0 Å². The number of hydrogen-bond acceptors (Lipinski definition) is 3. The van der Waals surface area contributed by atoms with Gasteiger partial charge in [-0.1, -0.05) is 36.4 Å². The summed E-state index contributed by atoms with van der Waals surface area (Å²) < 4.78 is 1.99. The minimum Gasteiger partial charge on any atom is -0.348 e. The maximum atomic E-state index is 13.0. The van der Waals surface area contributed by atoms with Crippen LogP contribution in [0.25, 0.3) is 5.52 Å². The highest BCUT2D eigenvalue weighted by atomic mass is 16.1. The third-order valence-corrected chi connectivity index (χ3v) is 4.64. The van der Waals surface area contributed by atoms with Gasteiger partial charge in [0.25, 0.3) is 0 Å². The number of nitrogens with one attached hydrogen (secondary N) is 1. The summed E-state index contributed by atoms with van der Waals surface area (Å²) in [6, 6.07) is 19.7. The predicted octanol–water partition coefficient (Wildman–Crippen LogP) is 3.37. The number of benzene rings is 1. The monoisotopic (exact) mass is 356 g/mol. The van der Waals surface area contributed by atoms with E-state index in [1.54, 1.807) is 12.4 Å². The molecule has 1 atom stereocenters. The quantitative estimate of drug-likeness (QED) is 0.576. The van der Waals surface area contributed by atoms with E-state index in [0.717, 1.165) is 22.5 Å². The highest BCUT2D eigenvalue weighted by Crippen LogP contribution is 2.21. The van der Waals surface area contributed by atoms with Crippen LogP contribution < -0.4 is 5.32 Å². The maximum Gasteiger partial charge on any atom is 0.228 e. The standard InChI is InChI=1S/C22H20N4O/c27-22(25-16-21-24-15-19-8-4-5-13-26(19)21)20(18-6-2-1-3-7-18)14-17-9-11-23-12-10-17/h1-13,15,20H,14,16H2,(H,25,27). The second-order valence-electron chi connectivity index (χ2n) is 6.41. The van der Waals surface area contributed by atoms with Crippen LogP contribution in [0.2, 0.25) is 0 Å². The Kier molecular flexibility index (Phi) is 4.92. The van der Waals surface area contributed by atoms with Gasteiger partial charge in [0.1, 0.15) is 5.82 Å². The number of pyridine rings is 2. The fraction of sp³-hybridized carbons (Fsp3) is 0.136. The van der Waals surface area contributed by atoms with Crippen molar-refractivity contribution in [3.8, 4) is 0 Å². The molecule has 0 radical (unpaired) electrons. The Balaban J connectivity index is 1.53. The van der Waals surface area contributed by atoms with Crippen molar-refractivity contribution in [2.45, 2.75) is 18.9 Å². The van der Waals surface area contributed by atoms with Crippen LogP contribution in [0, 0.1) is 0 Å². The Morgan fingerprint density at radius 3 is 2.59 bits per heavy atom. The summed E-state index contributed by atoms with van der Waals surface area (Å²) in [7, 11) is 0. The van der Waals surface area contributed by atoms with Crippen molar-refractivity contribution < 1.29 is 4.79 Å². The van der Waals surface area contributed by atoms with Gasteiger partial charge in [-0.2, -0.15) is 0 Å². The Morgan fingerprint density at radius 1 is 1.00 bits per heavy atom. The van der Waals surface area contributed by atoms with Gasteiger partial charge in [-0.15, -0.1) is 0 Å². The van der Waals surface area contributed by atoms with E-state index in [0.29, 0.717) is 13.0 Å². The van der Waals surface area contributed by atoms with Gasteiger partial charge >= 0.3 is 0 Å². The zero-order chi connectivity index (χ0) is 18.5. The molecule has 1 unspecified atom stereocenters. The molecule has 0 saturated heterocycles. The number of aromatic nitrogens is 3. The van der Waals surface area contributed by atoms with Gasteiger partial charge in [0.15, 0.2) is 0 Å². The summed E-state index contributed by atoms with van der Waals surface area (Å²) in [5.74, 6) is 0.542. The minimum absolute atomic E-state index is 0.00862. The van der Waals surface area contributed by atoms with E-state index < -0.39 is 0 Å². The average molecular weight is 356 g/mol. The number of carbonyl (C=O) groups is 1. The number of hydrogen-bond donors (Lipinski definition) is 1. The first-order chi connectivity index (χ1) is 13.3. The molecule has 4 rings (SSSR count). The lowest BCUT2D eigenvalue weighted by atomic mass is 9.91. The van der Waals surface area contributed by atoms with Gasteiger partial charge in [-0.3, -0.25) is 9.78 Å². The second kappa shape index (κ2) is 7.83. The molecule has 1 amide bonds. The van der Waals surface area contributed by atoms with Crippen LogP contribution in [0.15, 0.2) is 85.5 Å². The fourth-order valence-electron chi connectivity index (χ4n) is 3.22. The molecule has 0 spiro atoms. The van der Waals surface area contributed by atoms with Gasteiger partial charge in [0.2, 0.25) is 5.91 Å². The van der Waals surface area contributed by atoms with Crippen molar-refractivity contribution in [2.75, 3.05) is 0 Å². The van der Waals surface area contributed by atoms with Gasteiger partial charge in [0.05, 0.1) is 24.2 Å². The number of nitrogens with zero attached hydrogens (tertiary/aromatic N) is 3. The predicted molar refractivity (Wildman–Crippen MR) is 104 cm³/mol. The molecular weight excluding hydrogens is 336 g/mol. The minimum atomic E-state index is -0.264.